The zero-order chi connectivity index (χ0) is 17.7. The van der Waals surface area contributed by atoms with Crippen LogP contribution in [0.2, 0.25) is 0 Å². The van der Waals surface area contributed by atoms with E-state index >= 15 is 0 Å². The van der Waals surface area contributed by atoms with E-state index in [-0.39, 0.29) is 18.4 Å². The third-order valence-corrected chi connectivity index (χ3v) is 5.65. The average molecular weight is 353 g/mol. The number of rotatable bonds is 10. The molecular weight excluding hydrogens is 326 g/mol. The topological polar surface area (TPSA) is 66.8 Å². The molecular formula is C18H27NO4S. The van der Waals surface area contributed by atoms with Gasteiger partial charge in [-0.25, -0.2) is 0 Å². The minimum atomic E-state index is -0.862. The summed E-state index contributed by atoms with van der Waals surface area (Å²) in [5.41, 5.74) is 1.25. The van der Waals surface area contributed by atoms with Gasteiger partial charge in [-0.2, -0.15) is 0 Å². The molecule has 6 heteroatoms. The van der Waals surface area contributed by atoms with Gasteiger partial charge in [-0.1, -0.05) is 6.92 Å². The second kappa shape index (κ2) is 8.62. The maximum absolute atomic E-state index is 12.8. The van der Waals surface area contributed by atoms with Gasteiger partial charge in [0.25, 0.3) is 0 Å². The molecule has 3 atom stereocenters. The number of nitrogens with zero attached hydrogens (tertiary/aromatic N) is 1. The van der Waals surface area contributed by atoms with E-state index in [1.165, 1.54) is 10.4 Å². The lowest BCUT2D eigenvalue weighted by Gasteiger charge is -2.25. The van der Waals surface area contributed by atoms with Gasteiger partial charge in [-0.3, -0.25) is 9.59 Å². The van der Waals surface area contributed by atoms with Crippen molar-refractivity contribution in [3.05, 3.63) is 21.9 Å². The highest BCUT2D eigenvalue weighted by atomic mass is 32.1. The highest BCUT2D eigenvalue weighted by molar-refractivity contribution is 7.10. The Morgan fingerprint density at radius 2 is 2.25 bits per heavy atom. The molecule has 0 aromatic carbocycles. The molecule has 0 spiro atoms. The minimum Gasteiger partial charge on any atom is -0.481 e. The second-order valence-corrected chi connectivity index (χ2v) is 7.44. The summed E-state index contributed by atoms with van der Waals surface area (Å²) in [6, 6.07) is 2.09. The smallest absolute Gasteiger partial charge is 0.308 e. The van der Waals surface area contributed by atoms with E-state index in [1.54, 1.807) is 23.2 Å². The van der Waals surface area contributed by atoms with E-state index < -0.39 is 11.9 Å². The van der Waals surface area contributed by atoms with Crippen molar-refractivity contribution in [2.24, 2.45) is 11.8 Å². The Bertz CT molecular complexity index is 571. The Kier molecular flexibility index (Phi) is 6.80. The first-order chi connectivity index (χ1) is 11.5. The number of hydrogen-bond acceptors (Lipinski definition) is 4. The van der Waals surface area contributed by atoms with E-state index in [9.17, 15) is 9.59 Å². The molecule has 1 N–H and O–H groups in total. The van der Waals surface area contributed by atoms with Crippen molar-refractivity contribution in [1.29, 1.82) is 0 Å². The molecule has 1 aromatic heterocycles. The molecule has 1 aliphatic carbocycles. The predicted octanol–water partition coefficient (Wildman–Crippen LogP) is 3.14. The van der Waals surface area contributed by atoms with Crippen LogP contribution in [0.3, 0.4) is 0 Å². The van der Waals surface area contributed by atoms with Gasteiger partial charge in [0.15, 0.2) is 0 Å². The maximum atomic E-state index is 12.8. The summed E-state index contributed by atoms with van der Waals surface area (Å²) < 4.78 is 5.34. The average Bonchev–Trinajstić information content (AvgIpc) is 3.23. The number of aryl methyl sites for hydroxylation is 1. The van der Waals surface area contributed by atoms with Crippen LogP contribution in [0.25, 0.3) is 0 Å². The first-order valence-electron chi connectivity index (χ1n) is 8.59. The van der Waals surface area contributed by atoms with E-state index in [2.05, 4.69) is 18.4 Å². The van der Waals surface area contributed by atoms with Gasteiger partial charge in [0, 0.05) is 43.0 Å². The fraction of sp³-hybridized carbons (Fsp3) is 0.667. The van der Waals surface area contributed by atoms with Crippen molar-refractivity contribution in [3.63, 3.8) is 0 Å². The maximum Gasteiger partial charge on any atom is 0.308 e. The monoisotopic (exact) mass is 353 g/mol. The first kappa shape index (κ1) is 18.9. The van der Waals surface area contributed by atoms with Gasteiger partial charge in [-0.05, 0) is 43.7 Å². The zero-order valence-electron chi connectivity index (χ0n) is 14.7. The quantitative estimate of drug-likeness (QED) is 0.656. The van der Waals surface area contributed by atoms with Crippen LogP contribution in [0, 0.1) is 18.8 Å². The van der Waals surface area contributed by atoms with Crippen LogP contribution in [-0.2, 0) is 14.3 Å². The van der Waals surface area contributed by atoms with Crippen molar-refractivity contribution < 1.29 is 19.4 Å². The Morgan fingerprint density at radius 1 is 1.50 bits per heavy atom. The van der Waals surface area contributed by atoms with Gasteiger partial charge in [0.05, 0.1) is 5.92 Å². The highest BCUT2D eigenvalue weighted by Crippen LogP contribution is 2.51. The molecule has 0 bridgehead atoms. The zero-order valence-corrected chi connectivity index (χ0v) is 15.5. The van der Waals surface area contributed by atoms with Crippen LogP contribution in [-0.4, -0.2) is 48.2 Å². The lowest BCUT2D eigenvalue weighted by molar-refractivity contribution is -0.143. The molecule has 5 nitrogen and oxygen atoms in total. The number of hydrogen-bond donors (Lipinski definition) is 1. The number of aliphatic carboxylic acids is 1. The van der Waals surface area contributed by atoms with Gasteiger partial charge < -0.3 is 14.7 Å². The summed E-state index contributed by atoms with van der Waals surface area (Å²) in [4.78, 5) is 27.0. The van der Waals surface area contributed by atoms with Gasteiger partial charge in [-0.15, -0.1) is 11.3 Å². The lowest BCUT2D eigenvalue weighted by atomic mass is 10.1. The molecule has 1 heterocycles. The predicted molar refractivity (Wildman–Crippen MR) is 94.4 cm³/mol. The Hall–Kier alpha value is -1.40. The fourth-order valence-corrected chi connectivity index (χ4v) is 4.07. The molecule has 134 valence electrons. The number of carbonyl (C=O) groups excluding carboxylic acids is 1. The van der Waals surface area contributed by atoms with Crippen molar-refractivity contribution in [3.8, 4) is 0 Å². The van der Waals surface area contributed by atoms with Crippen molar-refractivity contribution >= 4 is 23.2 Å². The van der Waals surface area contributed by atoms with Crippen molar-refractivity contribution in [2.75, 3.05) is 26.3 Å². The summed E-state index contributed by atoms with van der Waals surface area (Å²) >= 11 is 1.71. The van der Waals surface area contributed by atoms with E-state index in [1.807, 2.05) is 6.92 Å². The third kappa shape index (κ3) is 4.80. The summed E-state index contributed by atoms with van der Waals surface area (Å²) in [6.45, 7) is 7.75. The molecule has 0 radical (unpaired) electrons. The van der Waals surface area contributed by atoms with Crippen LogP contribution >= 0.6 is 11.3 Å². The second-order valence-electron chi connectivity index (χ2n) is 6.49. The van der Waals surface area contributed by atoms with Crippen LogP contribution < -0.4 is 0 Å². The molecule has 3 unspecified atom stereocenters. The number of carbonyl (C=O) groups is 2. The van der Waals surface area contributed by atoms with Gasteiger partial charge in [0.1, 0.15) is 0 Å². The van der Waals surface area contributed by atoms with Crippen LogP contribution in [0.4, 0.5) is 0 Å². The number of carboxylic acids is 1. The van der Waals surface area contributed by atoms with Crippen LogP contribution in [0.1, 0.15) is 43.0 Å². The van der Waals surface area contributed by atoms with Crippen molar-refractivity contribution in [2.45, 2.75) is 39.5 Å². The molecule has 0 saturated heterocycles. The van der Waals surface area contributed by atoms with Gasteiger partial charge >= 0.3 is 5.97 Å². The van der Waals surface area contributed by atoms with E-state index in [0.29, 0.717) is 25.7 Å². The molecule has 1 aromatic rings. The van der Waals surface area contributed by atoms with Crippen molar-refractivity contribution in [1.82, 2.24) is 4.90 Å². The first-order valence-corrected chi connectivity index (χ1v) is 9.47. The third-order valence-electron chi connectivity index (χ3n) is 4.49. The van der Waals surface area contributed by atoms with Crippen LogP contribution in [0.5, 0.6) is 0 Å². The number of carboxylic acid groups (broad SMARTS) is 1. The molecule has 1 saturated carbocycles. The van der Waals surface area contributed by atoms with Gasteiger partial charge in [0.2, 0.25) is 5.91 Å². The number of ether oxygens (including phenoxy) is 1. The number of thiophene rings is 1. The van der Waals surface area contributed by atoms with E-state index in [4.69, 9.17) is 9.84 Å². The standard InChI is InChI=1S/C18H27NO4S/c1-4-23-8-5-7-19(11-13(3)18(21)22)17(20)15-10-14(15)16-12(2)6-9-24-16/h6,9,13-15H,4-5,7-8,10-11H2,1-3H3,(H,21,22). The summed E-state index contributed by atoms with van der Waals surface area (Å²) in [6.07, 6.45) is 1.62. The Labute approximate surface area is 147 Å². The van der Waals surface area contributed by atoms with Crippen LogP contribution in [0.15, 0.2) is 11.4 Å². The number of amides is 1. The SMILES string of the molecule is CCOCCCN(CC(C)C(=O)O)C(=O)C1CC1c1sccc1C. The molecule has 24 heavy (non-hydrogen) atoms. The Balaban J connectivity index is 1.96. The summed E-state index contributed by atoms with van der Waals surface area (Å²) in [5, 5.41) is 11.2. The molecule has 1 fully saturated rings. The summed E-state index contributed by atoms with van der Waals surface area (Å²) in [7, 11) is 0. The largest absolute Gasteiger partial charge is 0.481 e. The lowest BCUT2D eigenvalue weighted by Crippen LogP contribution is -2.39. The highest BCUT2D eigenvalue weighted by Gasteiger charge is 2.47. The molecule has 1 aliphatic rings. The molecule has 0 aliphatic heterocycles. The molecule has 2 rings (SSSR count). The van der Waals surface area contributed by atoms with E-state index in [0.717, 1.165) is 12.8 Å². The fourth-order valence-electron chi connectivity index (χ4n) is 2.96. The summed E-state index contributed by atoms with van der Waals surface area (Å²) in [5.74, 6) is -0.999. The Morgan fingerprint density at radius 3 is 2.83 bits per heavy atom. The molecule has 1 amide bonds. The normalized spacial score (nSPS) is 20.6. The minimum absolute atomic E-state index is 0.00967.